The van der Waals surface area contributed by atoms with E-state index in [1.165, 1.54) is 29.6 Å². The number of aromatic nitrogens is 1. The summed E-state index contributed by atoms with van der Waals surface area (Å²) >= 11 is 0. The van der Waals surface area contributed by atoms with Crippen molar-refractivity contribution in [3.8, 4) is 0 Å². The third-order valence-corrected chi connectivity index (χ3v) is 8.51. The fourth-order valence-electron chi connectivity index (χ4n) is 6.55. The SMILES string of the molecule is Cc1cccc([C@H]2CN([C@@H](C(=O)O)C(C)(C)C)CC2CN2CCC(CCC(F)(F)c3cccnc3)CC2)c1. The third kappa shape index (κ3) is 6.97. The summed E-state index contributed by atoms with van der Waals surface area (Å²) in [6, 6.07) is 11.1. The Morgan fingerprint density at radius 2 is 1.87 bits per heavy atom. The summed E-state index contributed by atoms with van der Waals surface area (Å²) in [4.78, 5) is 20.8. The summed E-state index contributed by atoms with van der Waals surface area (Å²) in [5.41, 5.74) is 2.13. The van der Waals surface area contributed by atoms with Crippen LogP contribution in [0.5, 0.6) is 0 Å². The van der Waals surface area contributed by atoms with Gasteiger partial charge in [-0.2, -0.15) is 0 Å². The van der Waals surface area contributed by atoms with E-state index >= 15 is 0 Å². The van der Waals surface area contributed by atoms with Crippen LogP contribution >= 0.6 is 0 Å². The smallest absolute Gasteiger partial charge is 0.321 e. The second-order valence-electron chi connectivity index (χ2n) is 12.6. The van der Waals surface area contributed by atoms with E-state index in [2.05, 4.69) is 46.0 Å². The molecule has 0 bridgehead atoms. The normalized spacial score (nSPS) is 23.0. The Bertz CT molecular complexity index is 1060. The van der Waals surface area contributed by atoms with Gasteiger partial charge in [0.25, 0.3) is 5.92 Å². The van der Waals surface area contributed by atoms with Gasteiger partial charge in [0, 0.05) is 49.9 Å². The first-order valence-corrected chi connectivity index (χ1v) is 14.0. The van der Waals surface area contributed by atoms with Crippen LogP contribution in [0.2, 0.25) is 0 Å². The van der Waals surface area contributed by atoms with Crippen LogP contribution in [-0.2, 0) is 10.7 Å². The lowest BCUT2D eigenvalue weighted by atomic mass is 9.85. The lowest BCUT2D eigenvalue weighted by Gasteiger charge is -2.36. The number of piperidine rings is 1. The number of aryl methyl sites for hydroxylation is 1. The zero-order valence-corrected chi connectivity index (χ0v) is 23.2. The van der Waals surface area contributed by atoms with Crippen molar-refractivity contribution in [1.82, 2.24) is 14.8 Å². The number of pyridine rings is 1. The van der Waals surface area contributed by atoms with Crippen molar-refractivity contribution in [2.45, 2.75) is 71.3 Å². The van der Waals surface area contributed by atoms with Crippen LogP contribution in [-0.4, -0.2) is 64.6 Å². The minimum Gasteiger partial charge on any atom is -0.480 e. The number of carbonyl (C=O) groups is 1. The van der Waals surface area contributed by atoms with Gasteiger partial charge in [-0.3, -0.25) is 14.7 Å². The van der Waals surface area contributed by atoms with Crippen molar-refractivity contribution in [1.29, 1.82) is 0 Å². The molecule has 1 unspecified atom stereocenters. The van der Waals surface area contributed by atoms with Crippen molar-refractivity contribution in [2.75, 3.05) is 32.7 Å². The van der Waals surface area contributed by atoms with Crippen LogP contribution in [0.4, 0.5) is 8.78 Å². The van der Waals surface area contributed by atoms with Gasteiger partial charge in [-0.1, -0.05) is 50.6 Å². The van der Waals surface area contributed by atoms with E-state index in [0.29, 0.717) is 18.3 Å². The zero-order chi connectivity index (χ0) is 27.5. The minimum atomic E-state index is -2.84. The van der Waals surface area contributed by atoms with Crippen LogP contribution in [0.25, 0.3) is 0 Å². The molecule has 0 aliphatic carbocycles. The molecule has 38 heavy (non-hydrogen) atoms. The summed E-state index contributed by atoms with van der Waals surface area (Å²) in [5, 5.41) is 10.1. The lowest BCUT2D eigenvalue weighted by molar-refractivity contribution is -0.147. The molecule has 0 amide bonds. The van der Waals surface area contributed by atoms with Crippen molar-refractivity contribution in [3.63, 3.8) is 0 Å². The maximum absolute atomic E-state index is 14.6. The largest absolute Gasteiger partial charge is 0.480 e. The van der Waals surface area contributed by atoms with Crippen LogP contribution in [0.1, 0.15) is 69.1 Å². The van der Waals surface area contributed by atoms with Crippen molar-refractivity contribution in [2.24, 2.45) is 17.3 Å². The van der Waals surface area contributed by atoms with Crippen LogP contribution < -0.4 is 0 Å². The van der Waals surface area contributed by atoms with Crippen molar-refractivity contribution in [3.05, 3.63) is 65.5 Å². The Morgan fingerprint density at radius 3 is 2.47 bits per heavy atom. The number of rotatable bonds is 9. The molecule has 0 saturated carbocycles. The Balaban J connectivity index is 1.38. The van der Waals surface area contributed by atoms with Gasteiger partial charge >= 0.3 is 5.97 Å². The molecule has 0 radical (unpaired) electrons. The van der Waals surface area contributed by atoms with Gasteiger partial charge in [-0.15, -0.1) is 0 Å². The molecule has 2 aliphatic rings. The predicted molar refractivity (Wildman–Crippen MR) is 146 cm³/mol. The number of halogens is 2. The van der Waals surface area contributed by atoms with Gasteiger partial charge in [0.1, 0.15) is 6.04 Å². The Morgan fingerprint density at radius 1 is 1.13 bits per heavy atom. The highest BCUT2D eigenvalue weighted by atomic mass is 19.3. The number of carboxylic acids is 1. The zero-order valence-electron chi connectivity index (χ0n) is 23.2. The fourth-order valence-corrected chi connectivity index (χ4v) is 6.55. The number of aliphatic carboxylic acids is 1. The van der Waals surface area contributed by atoms with E-state index in [4.69, 9.17) is 0 Å². The van der Waals surface area contributed by atoms with Crippen LogP contribution in [0.15, 0.2) is 48.8 Å². The third-order valence-electron chi connectivity index (χ3n) is 8.51. The molecule has 2 saturated heterocycles. The van der Waals surface area contributed by atoms with E-state index in [1.807, 2.05) is 20.8 Å². The van der Waals surface area contributed by atoms with Gasteiger partial charge in [0.05, 0.1) is 0 Å². The average molecular weight is 528 g/mol. The maximum Gasteiger partial charge on any atom is 0.321 e. The summed E-state index contributed by atoms with van der Waals surface area (Å²) in [6.07, 6.45) is 5.02. The molecule has 3 atom stereocenters. The first-order chi connectivity index (χ1) is 17.9. The first kappa shape index (κ1) is 28.6. The minimum absolute atomic E-state index is 0.000311. The molecule has 5 nitrogen and oxygen atoms in total. The number of benzene rings is 1. The topological polar surface area (TPSA) is 56.7 Å². The van der Waals surface area contributed by atoms with E-state index in [1.54, 1.807) is 6.07 Å². The number of alkyl halides is 2. The van der Waals surface area contributed by atoms with Gasteiger partial charge in [0.15, 0.2) is 0 Å². The molecule has 1 N–H and O–H groups in total. The number of carboxylic acid groups (broad SMARTS) is 1. The molecule has 2 aromatic rings. The molecule has 1 aromatic heterocycles. The molecule has 208 valence electrons. The standard InChI is InChI=1S/C31H43F2N3O2/c1-22-7-5-8-24(17-22)27-21-36(28(29(37)38)30(2,3)4)20-25(27)19-35-15-11-23(12-16-35)10-13-31(32,33)26-9-6-14-34-18-26/h5-9,14,17-18,23,25,27-28H,10-13,15-16,19-21H2,1-4H3,(H,37,38)/t25?,27-,28+/m1/s1. The molecule has 2 aliphatic heterocycles. The van der Waals surface area contributed by atoms with Gasteiger partial charge in [0.2, 0.25) is 0 Å². The fraction of sp³-hybridized carbons (Fsp3) is 0.613. The second kappa shape index (κ2) is 11.8. The Hall–Kier alpha value is -2.38. The number of hydrogen-bond acceptors (Lipinski definition) is 4. The van der Waals surface area contributed by atoms with E-state index in [9.17, 15) is 18.7 Å². The Labute approximate surface area is 226 Å². The summed E-state index contributed by atoms with van der Waals surface area (Å²) < 4.78 is 29.3. The number of likely N-dealkylation sites (tertiary alicyclic amines) is 2. The summed E-state index contributed by atoms with van der Waals surface area (Å²) in [7, 11) is 0. The van der Waals surface area contributed by atoms with E-state index in [0.717, 1.165) is 45.6 Å². The molecule has 4 rings (SSSR count). The highest BCUT2D eigenvalue weighted by molar-refractivity contribution is 5.74. The highest BCUT2D eigenvalue weighted by Gasteiger charge is 2.44. The molecule has 7 heteroatoms. The monoisotopic (exact) mass is 527 g/mol. The molecule has 0 spiro atoms. The highest BCUT2D eigenvalue weighted by Crippen LogP contribution is 2.39. The average Bonchev–Trinajstić information content (AvgIpc) is 3.25. The molecule has 3 heterocycles. The number of hydrogen-bond donors (Lipinski definition) is 1. The van der Waals surface area contributed by atoms with E-state index in [-0.39, 0.29) is 23.3 Å². The van der Waals surface area contributed by atoms with E-state index < -0.39 is 17.9 Å². The maximum atomic E-state index is 14.6. The molecular formula is C31H43F2N3O2. The summed E-state index contributed by atoms with van der Waals surface area (Å²) in [5.74, 6) is -2.70. The molecule has 2 fully saturated rings. The Kier molecular flexibility index (Phi) is 8.88. The second-order valence-corrected chi connectivity index (χ2v) is 12.6. The molecular weight excluding hydrogens is 484 g/mol. The van der Waals surface area contributed by atoms with Crippen LogP contribution in [0, 0.1) is 24.2 Å². The van der Waals surface area contributed by atoms with Crippen molar-refractivity contribution < 1.29 is 18.7 Å². The van der Waals surface area contributed by atoms with Gasteiger partial charge < -0.3 is 10.0 Å². The van der Waals surface area contributed by atoms with Crippen LogP contribution in [0.3, 0.4) is 0 Å². The summed E-state index contributed by atoms with van der Waals surface area (Å²) in [6.45, 7) is 12.3. The molecule has 1 aromatic carbocycles. The van der Waals surface area contributed by atoms with Gasteiger partial charge in [-0.25, -0.2) is 8.78 Å². The predicted octanol–water partition coefficient (Wildman–Crippen LogP) is 6.19. The first-order valence-electron chi connectivity index (χ1n) is 14.0. The van der Waals surface area contributed by atoms with Gasteiger partial charge in [-0.05, 0) is 74.2 Å². The quantitative estimate of drug-likeness (QED) is 0.422. The number of nitrogens with zero attached hydrogens (tertiary/aromatic N) is 3. The van der Waals surface area contributed by atoms with Crippen molar-refractivity contribution >= 4 is 5.97 Å². The lowest BCUT2D eigenvalue weighted by Crippen LogP contribution is -2.48.